The number of urea groups is 1. The molecule has 8 heteroatoms. The second kappa shape index (κ2) is 9.39. The zero-order valence-electron chi connectivity index (χ0n) is 16.8. The van der Waals surface area contributed by atoms with E-state index in [4.69, 9.17) is 0 Å². The van der Waals surface area contributed by atoms with Crippen molar-refractivity contribution in [2.45, 2.75) is 36.7 Å². The summed E-state index contributed by atoms with van der Waals surface area (Å²) < 4.78 is 28.0. The predicted molar refractivity (Wildman–Crippen MR) is 114 cm³/mol. The first-order chi connectivity index (χ1) is 13.8. The third-order valence-corrected chi connectivity index (χ3v) is 6.65. The number of carbonyl (C=O) groups excluding carboxylic acids is 1. The highest BCUT2D eigenvalue weighted by Gasteiger charge is 2.23. The minimum atomic E-state index is -3.57. The van der Waals surface area contributed by atoms with Crippen molar-refractivity contribution in [3.05, 3.63) is 60.2 Å². The lowest BCUT2D eigenvalue weighted by Crippen LogP contribution is -2.43. The number of sulfonamides is 1. The second-order valence-corrected chi connectivity index (χ2v) is 9.17. The topological polar surface area (TPSA) is 90.5 Å². The molecule has 2 amide bonds. The molecule has 0 bridgehead atoms. The SMILES string of the molecule is C[C@H](NC(=O)Nc1ccc(S(=O)(=O)NC2CCN(C)CC2)cc1)c1ccccc1. The van der Waals surface area contributed by atoms with Gasteiger partial charge in [-0.2, -0.15) is 0 Å². The summed E-state index contributed by atoms with van der Waals surface area (Å²) in [5.74, 6) is 0. The van der Waals surface area contributed by atoms with E-state index in [0.29, 0.717) is 5.69 Å². The summed E-state index contributed by atoms with van der Waals surface area (Å²) in [5, 5.41) is 5.60. The van der Waals surface area contributed by atoms with Gasteiger partial charge in [-0.05, 0) is 69.7 Å². The highest BCUT2D eigenvalue weighted by molar-refractivity contribution is 7.89. The highest BCUT2D eigenvalue weighted by atomic mass is 32.2. The molecule has 1 saturated heterocycles. The Morgan fingerprint density at radius 2 is 1.66 bits per heavy atom. The van der Waals surface area contributed by atoms with Crippen LogP contribution in [0, 0.1) is 0 Å². The van der Waals surface area contributed by atoms with Gasteiger partial charge in [0.2, 0.25) is 10.0 Å². The lowest BCUT2D eigenvalue weighted by molar-refractivity contribution is 0.248. The number of hydrogen-bond donors (Lipinski definition) is 3. The summed E-state index contributed by atoms with van der Waals surface area (Å²) in [6.07, 6.45) is 1.60. The van der Waals surface area contributed by atoms with Gasteiger partial charge in [-0.3, -0.25) is 0 Å². The first kappa shape index (κ1) is 21.3. The van der Waals surface area contributed by atoms with Gasteiger partial charge in [0.15, 0.2) is 0 Å². The van der Waals surface area contributed by atoms with E-state index >= 15 is 0 Å². The predicted octanol–water partition coefficient (Wildman–Crippen LogP) is 2.94. The summed E-state index contributed by atoms with van der Waals surface area (Å²) in [6, 6.07) is 15.3. The molecule has 3 rings (SSSR count). The van der Waals surface area contributed by atoms with Crippen LogP contribution in [-0.4, -0.2) is 45.5 Å². The molecule has 0 unspecified atom stereocenters. The van der Waals surface area contributed by atoms with Gasteiger partial charge >= 0.3 is 6.03 Å². The number of likely N-dealkylation sites (tertiary alicyclic amines) is 1. The Hall–Kier alpha value is -2.42. The number of carbonyl (C=O) groups is 1. The zero-order chi connectivity index (χ0) is 20.9. The Morgan fingerprint density at radius 1 is 1.03 bits per heavy atom. The summed E-state index contributed by atoms with van der Waals surface area (Å²) in [4.78, 5) is 14.6. The Morgan fingerprint density at radius 3 is 2.28 bits per heavy atom. The van der Waals surface area contributed by atoms with Crippen LogP contribution in [0.1, 0.15) is 31.4 Å². The third-order valence-electron chi connectivity index (χ3n) is 5.11. The van der Waals surface area contributed by atoms with Crippen molar-refractivity contribution in [3.63, 3.8) is 0 Å². The molecule has 2 aromatic rings. The van der Waals surface area contributed by atoms with E-state index < -0.39 is 10.0 Å². The number of anilines is 1. The summed E-state index contributed by atoms with van der Waals surface area (Å²) >= 11 is 0. The molecule has 0 spiro atoms. The van der Waals surface area contributed by atoms with Crippen molar-refractivity contribution in [2.75, 3.05) is 25.5 Å². The molecule has 0 aromatic heterocycles. The first-order valence-corrected chi connectivity index (χ1v) is 11.3. The van der Waals surface area contributed by atoms with Crippen molar-refractivity contribution in [1.29, 1.82) is 0 Å². The van der Waals surface area contributed by atoms with Crippen molar-refractivity contribution in [2.24, 2.45) is 0 Å². The lowest BCUT2D eigenvalue weighted by atomic mass is 10.1. The molecule has 0 aliphatic carbocycles. The minimum Gasteiger partial charge on any atom is -0.331 e. The van der Waals surface area contributed by atoms with E-state index in [0.717, 1.165) is 31.5 Å². The van der Waals surface area contributed by atoms with Gasteiger partial charge in [0.25, 0.3) is 0 Å². The van der Waals surface area contributed by atoms with Gasteiger partial charge in [0.1, 0.15) is 0 Å². The number of rotatable bonds is 6. The molecule has 0 radical (unpaired) electrons. The van der Waals surface area contributed by atoms with Crippen LogP contribution >= 0.6 is 0 Å². The van der Waals surface area contributed by atoms with Crippen LogP contribution in [0.3, 0.4) is 0 Å². The van der Waals surface area contributed by atoms with Crippen molar-refractivity contribution >= 4 is 21.7 Å². The van der Waals surface area contributed by atoms with Crippen LogP contribution in [0.5, 0.6) is 0 Å². The van der Waals surface area contributed by atoms with Gasteiger partial charge in [0, 0.05) is 11.7 Å². The first-order valence-electron chi connectivity index (χ1n) is 9.77. The van der Waals surface area contributed by atoms with Crippen LogP contribution < -0.4 is 15.4 Å². The highest BCUT2D eigenvalue weighted by Crippen LogP contribution is 2.17. The van der Waals surface area contributed by atoms with E-state index in [9.17, 15) is 13.2 Å². The van der Waals surface area contributed by atoms with Gasteiger partial charge < -0.3 is 15.5 Å². The molecule has 2 aromatic carbocycles. The quantitative estimate of drug-likeness (QED) is 0.675. The molecule has 1 aliphatic heterocycles. The van der Waals surface area contributed by atoms with Crippen LogP contribution in [0.15, 0.2) is 59.5 Å². The van der Waals surface area contributed by atoms with Gasteiger partial charge in [-0.25, -0.2) is 17.9 Å². The van der Waals surface area contributed by atoms with E-state index in [1.54, 1.807) is 12.1 Å². The fraction of sp³-hybridized carbons (Fsp3) is 0.381. The molecule has 1 heterocycles. The van der Waals surface area contributed by atoms with Gasteiger partial charge in [-0.1, -0.05) is 30.3 Å². The Kier molecular flexibility index (Phi) is 6.89. The van der Waals surface area contributed by atoms with Gasteiger partial charge in [0.05, 0.1) is 10.9 Å². The summed E-state index contributed by atoms with van der Waals surface area (Å²) in [5.41, 5.74) is 1.53. The molecular weight excluding hydrogens is 388 g/mol. The Bertz CT molecular complexity index is 909. The molecule has 0 saturated carbocycles. The monoisotopic (exact) mass is 416 g/mol. The van der Waals surface area contributed by atoms with E-state index in [1.165, 1.54) is 12.1 Å². The fourth-order valence-corrected chi connectivity index (χ4v) is 4.63. The van der Waals surface area contributed by atoms with Crippen LogP contribution in [0.2, 0.25) is 0 Å². The normalized spacial score (nSPS) is 16.9. The van der Waals surface area contributed by atoms with E-state index in [1.807, 2.05) is 44.3 Å². The molecular formula is C21H28N4O3S. The number of piperidine rings is 1. The third kappa shape index (κ3) is 6.03. The molecule has 1 aliphatic rings. The maximum Gasteiger partial charge on any atom is 0.319 e. The zero-order valence-corrected chi connectivity index (χ0v) is 17.6. The number of benzene rings is 2. The van der Waals surface area contributed by atoms with Crippen LogP contribution in [0.25, 0.3) is 0 Å². The number of amides is 2. The molecule has 1 fully saturated rings. The minimum absolute atomic E-state index is 0.0424. The maximum atomic E-state index is 12.6. The fourth-order valence-electron chi connectivity index (χ4n) is 3.32. The summed E-state index contributed by atoms with van der Waals surface area (Å²) in [6.45, 7) is 3.67. The molecule has 156 valence electrons. The standard InChI is InChI=1S/C21H28N4O3S/c1-16(17-6-4-3-5-7-17)22-21(26)23-18-8-10-20(11-9-18)29(27,28)24-19-12-14-25(2)15-13-19/h3-11,16,19,24H,12-15H2,1-2H3,(H2,22,23,26)/t16-/m0/s1. The van der Waals surface area contributed by atoms with E-state index in [-0.39, 0.29) is 23.0 Å². The Labute approximate surface area is 172 Å². The lowest BCUT2D eigenvalue weighted by Gasteiger charge is -2.29. The molecule has 7 nitrogen and oxygen atoms in total. The van der Waals surface area contributed by atoms with Crippen LogP contribution in [-0.2, 0) is 10.0 Å². The molecule has 29 heavy (non-hydrogen) atoms. The smallest absolute Gasteiger partial charge is 0.319 e. The van der Waals surface area contributed by atoms with Gasteiger partial charge in [-0.15, -0.1) is 0 Å². The average Bonchev–Trinajstić information content (AvgIpc) is 2.70. The number of nitrogens with zero attached hydrogens (tertiary/aromatic N) is 1. The summed E-state index contributed by atoms with van der Waals surface area (Å²) in [7, 11) is -1.54. The number of hydrogen-bond acceptors (Lipinski definition) is 4. The van der Waals surface area contributed by atoms with Crippen molar-refractivity contribution in [3.8, 4) is 0 Å². The maximum absolute atomic E-state index is 12.6. The molecule has 3 N–H and O–H groups in total. The van der Waals surface area contributed by atoms with E-state index in [2.05, 4.69) is 20.3 Å². The Balaban J connectivity index is 1.56. The van der Waals surface area contributed by atoms with Crippen molar-refractivity contribution < 1.29 is 13.2 Å². The number of nitrogens with one attached hydrogen (secondary N) is 3. The van der Waals surface area contributed by atoms with Crippen LogP contribution in [0.4, 0.5) is 10.5 Å². The van der Waals surface area contributed by atoms with Crippen molar-refractivity contribution in [1.82, 2.24) is 14.9 Å². The second-order valence-electron chi connectivity index (χ2n) is 7.45. The molecule has 1 atom stereocenters. The largest absolute Gasteiger partial charge is 0.331 e. The average molecular weight is 417 g/mol.